The Morgan fingerprint density at radius 3 is 2.67 bits per heavy atom. The zero-order valence-corrected chi connectivity index (χ0v) is 11.8. The van der Waals surface area contributed by atoms with Gasteiger partial charge in [-0.3, -0.25) is 0 Å². The third kappa shape index (κ3) is 2.63. The highest BCUT2D eigenvalue weighted by molar-refractivity contribution is 5.91. The second-order valence-electron chi connectivity index (χ2n) is 4.93. The van der Waals surface area contributed by atoms with Gasteiger partial charge in [0.1, 0.15) is 23.5 Å². The number of nitrogens with zero attached hydrogens (tertiary/aromatic N) is 3. The zero-order chi connectivity index (χ0) is 14.8. The van der Waals surface area contributed by atoms with Crippen molar-refractivity contribution in [3.8, 4) is 0 Å². The van der Waals surface area contributed by atoms with Gasteiger partial charge < -0.3 is 10.2 Å². The van der Waals surface area contributed by atoms with E-state index < -0.39 is 0 Å². The largest absolute Gasteiger partial charge is 0.378 e. The molecule has 0 aliphatic rings. The maximum Gasteiger partial charge on any atom is 0.149 e. The SMILES string of the molecule is CN(C)c1cccc(Nc2ncnc3c(F)cccc23)c1. The van der Waals surface area contributed by atoms with Crippen LogP contribution in [0.2, 0.25) is 0 Å². The van der Waals surface area contributed by atoms with Crippen LogP contribution in [0.5, 0.6) is 0 Å². The van der Waals surface area contributed by atoms with Crippen LogP contribution in [0.25, 0.3) is 10.9 Å². The van der Waals surface area contributed by atoms with Gasteiger partial charge >= 0.3 is 0 Å². The minimum absolute atomic E-state index is 0.318. The maximum atomic E-state index is 13.8. The first-order valence-electron chi connectivity index (χ1n) is 6.59. The molecule has 0 radical (unpaired) electrons. The molecule has 0 saturated heterocycles. The lowest BCUT2D eigenvalue weighted by Gasteiger charge is -2.14. The lowest BCUT2D eigenvalue weighted by Crippen LogP contribution is -2.08. The van der Waals surface area contributed by atoms with E-state index >= 15 is 0 Å². The fraction of sp³-hybridized carbons (Fsp3) is 0.125. The molecule has 1 N–H and O–H groups in total. The summed E-state index contributed by atoms with van der Waals surface area (Å²) < 4.78 is 13.8. The summed E-state index contributed by atoms with van der Waals surface area (Å²) in [5.41, 5.74) is 2.29. The number of anilines is 3. The number of hydrogen-bond donors (Lipinski definition) is 1. The maximum absolute atomic E-state index is 13.8. The zero-order valence-electron chi connectivity index (χ0n) is 11.8. The van der Waals surface area contributed by atoms with Gasteiger partial charge in [-0.05, 0) is 30.3 Å². The molecule has 21 heavy (non-hydrogen) atoms. The Morgan fingerprint density at radius 2 is 1.86 bits per heavy atom. The van der Waals surface area contributed by atoms with E-state index in [2.05, 4.69) is 15.3 Å². The molecule has 3 aromatic rings. The Bertz CT molecular complexity index is 786. The predicted octanol–water partition coefficient (Wildman–Crippen LogP) is 3.58. The molecule has 0 amide bonds. The Kier molecular flexibility index (Phi) is 3.39. The highest BCUT2D eigenvalue weighted by atomic mass is 19.1. The number of nitrogens with one attached hydrogen (secondary N) is 1. The second-order valence-corrected chi connectivity index (χ2v) is 4.93. The molecule has 5 heteroatoms. The van der Waals surface area contributed by atoms with E-state index in [1.165, 1.54) is 12.4 Å². The summed E-state index contributed by atoms with van der Waals surface area (Å²) in [4.78, 5) is 10.2. The van der Waals surface area contributed by atoms with Crippen LogP contribution in [0.1, 0.15) is 0 Å². The van der Waals surface area contributed by atoms with Crippen molar-refractivity contribution in [3.05, 3.63) is 54.6 Å². The van der Waals surface area contributed by atoms with E-state index in [0.29, 0.717) is 16.7 Å². The molecule has 0 unspecified atom stereocenters. The van der Waals surface area contributed by atoms with Crippen LogP contribution in [-0.2, 0) is 0 Å². The highest BCUT2D eigenvalue weighted by Crippen LogP contribution is 2.26. The van der Waals surface area contributed by atoms with Gasteiger partial charge in [0.25, 0.3) is 0 Å². The number of aromatic nitrogens is 2. The van der Waals surface area contributed by atoms with Gasteiger partial charge in [-0.15, -0.1) is 0 Å². The van der Waals surface area contributed by atoms with Gasteiger partial charge in [-0.1, -0.05) is 12.1 Å². The Labute approximate surface area is 122 Å². The highest BCUT2D eigenvalue weighted by Gasteiger charge is 2.07. The lowest BCUT2D eigenvalue weighted by atomic mass is 10.2. The lowest BCUT2D eigenvalue weighted by molar-refractivity contribution is 0.636. The van der Waals surface area contributed by atoms with Crippen LogP contribution < -0.4 is 10.2 Å². The summed E-state index contributed by atoms with van der Waals surface area (Å²) in [5, 5.41) is 3.88. The molecule has 1 aromatic heterocycles. The first kappa shape index (κ1) is 13.3. The standard InChI is InChI=1S/C16H15FN4/c1-21(2)12-6-3-5-11(9-12)20-16-13-7-4-8-14(17)15(13)18-10-19-16/h3-10H,1-2H3,(H,18,19,20). The van der Waals surface area contributed by atoms with Crippen molar-refractivity contribution in [1.82, 2.24) is 9.97 Å². The molecule has 1 heterocycles. The van der Waals surface area contributed by atoms with E-state index in [1.54, 1.807) is 12.1 Å². The number of fused-ring (bicyclic) bond motifs is 1. The molecule has 0 atom stereocenters. The Hall–Kier alpha value is -2.69. The molecule has 0 fully saturated rings. The normalized spacial score (nSPS) is 10.6. The van der Waals surface area contributed by atoms with Crippen molar-refractivity contribution < 1.29 is 4.39 Å². The van der Waals surface area contributed by atoms with Gasteiger partial charge in [0.05, 0.1) is 0 Å². The van der Waals surface area contributed by atoms with Crippen molar-refractivity contribution >= 4 is 28.1 Å². The predicted molar refractivity (Wildman–Crippen MR) is 83.5 cm³/mol. The average Bonchev–Trinajstić information content (AvgIpc) is 2.49. The molecule has 3 rings (SSSR count). The van der Waals surface area contributed by atoms with Gasteiger partial charge in [0.2, 0.25) is 0 Å². The summed E-state index contributed by atoms with van der Waals surface area (Å²) >= 11 is 0. The molecule has 0 aliphatic carbocycles. The molecule has 4 nitrogen and oxygen atoms in total. The summed E-state index contributed by atoms with van der Waals surface area (Å²) in [6.45, 7) is 0. The summed E-state index contributed by atoms with van der Waals surface area (Å²) in [5.74, 6) is 0.246. The fourth-order valence-corrected chi connectivity index (χ4v) is 2.15. The molecule has 0 aliphatic heterocycles. The summed E-state index contributed by atoms with van der Waals surface area (Å²) in [6.07, 6.45) is 1.36. The average molecular weight is 282 g/mol. The third-order valence-corrected chi connectivity index (χ3v) is 3.24. The van der Waals surface area contributed by atoms with Crippen LogP contribution in [0, 0.1) is 5.82 Å². The van der Waals surface area contributed by atoms with E-state index in [4.69, 9.17) is 0 Å². The monoisotopic (exact) mass is 282 g/mol. The van der Waals surface area contributed by atoms with Gasteiger partial charge in [-0.2, -0.15) is 0 Å². The summed E-state index contributed by atoms with van der Waals surface area (Å²) in [7, 11) is 3.96. The van der Waals surface area contributed by atoms with E-state index in [0.717, 1.165) is 11.4 Å². The van der Waals surface area contributed by atoms with Crippen LogP contribution in [-0.4, -0.2) is 24.1 Å². The molecule has 2 aromatic carbocycles. The smallest absolute Gasteiger partial charge is 0.149 e. The van der Waals surface area contributed by atoms with Gasteiger partial charge in [0.15, 0.2) is 0 Å². The number of benzene rings is 2. The van der Waals surface area contributed by atoms with Gasteiger partial charge in [0, 0.05) is 30.9 Å². The molecule has 0 bridgehead atoms. The van der Waals surface area contributed by atoms with E-state index in [-0.39, 0.29) is 5.82 Å². The fourth-order valence-electron chi connectivity index (χ4n) is 2.15. The minimum atomic E-state index is -0.347. The first-order chi connectivity index (χ1) is 10.1. The first-order valence-corrected chi connectivity index (χ1v) is 6.59. The second kappa shape index (κ2) is 5.36. The minimum Gasteiger partial charge on any atom is -0.378 e. The van der Waals surface area contributed by atoms with E-state index in [1.807, 2.05) is 43.3 Å². The molecule has 0 spiro atoms. The number of para-hydroxylation sites is 1. The van der Waals surface area contributed by atoms with Crippen LogP contribution in [0.15, 0.2) is 48.8 Å². The van der Waals surface area contributed by atoms with Crippen LogP contribution >= 0.6 is 0 Å². The Morgan fingerprint density at radius 1 is 1.05 bits per heavy atom. The van der Waals surface area contributed by atoms with Crippen molar-refractivity contribution in [2.75, 3.05) is 24.3 Å². The Balaban J connectivity index is 2.02. The van der Waals surface area contributed by atoms with Gasteiger partial charge in [-0.25, -0.2) is 14.4 Å². The topological polar surface area (TPSA) is 41.0 Å². The van der Waals surface area contributed by atoms with E-state index in [9.17, 15) is 4.39 Å². The molecule has 106 valence electrons. The third-order valence-electron chi connectivity index (χ3n) is 3.24. The van der Waals surface area contributed by atoms with Crippen molar-refractivity contribution in [2.45, 2.75) is 0 Å². The quantitative estimate of drug-likeness (QED) is 0.797. The summed E-state index contributed by atoms with van der Waals surface area (Å²) in [6, 6.07) is 12.8. The number of halogens is 1. The van der Waals surface area contributed by atoms with Crippen molar-refractivity contribution in [3.63, 3.8) is 0 Å². The van der Waals surface area contributed by atoms with Crippen molar-refractivity contribution in [1.29, 1.82) is 0 Å². The number of rotatable bonds is 3. The molecule has 0 saturated carbocycles. The van der Waals surface area contributed by atoms with Crippen molar-refractivity contribution in [2.24, 2.45) is 0 Å². The molecular formula is C16H15FN4. The molecular weight excluding hydrogens is 267 g/mol. The van der Waals surface area contributed by atoms with Crippen LogP contribution in [0.3, 0.4) is 0 Å². The number of hydrogen-bond acceptors (Lipinski definition) is 4. The van der Waals surface area contributed by atoms with Crippen LogP contribution in [0.4, 0.5) is 21.6 Å².